The Morgan fingerprint density at radius 2 is 1.50 bits per heavy atom. The van der Waals surface area contributed by atoms with E-state index in [0.717, 1.165) is 17.7 Å². The van der Waals surface area contributed by atoms with Gasteiger partial charge in [-0.2, -0.15) is 0 Å². The Morgan fingerprint density at radius 3 is 2.29 bits per heavy atom. The molecule has 24 heavy (non-hydrogen) atoms. The average Bonchev–Trinajstić information content (AvgIpc) is 2.98. The highest BCUT2D eigenvalue weighted by Crippen LogP contribution is 2.30. The van der Waals surface area contributed by atoms with Crippen LogP contribution in [0.3, 0.4) is 0 Å². The number of anilines is 1. The molecular weight excluding hydrogens is 294 g/mol. The Hall–Kier alpha value is -2.74. The van der Waals surface area contributed by atoms with Crippen LogP contribution in [0.15, 0.2) is 77.2 Å². The van der Waals surface area contributed by atoms with Gasteiger partial charge < -0.3 is 9.32 Å². The van der Waals surface area contributed by atoms with Crippen molar-refractivity contribution in [1.29, 1.82) is 0 Å². The van der Waals surface area contributed by atoms with Crippen LogP contribution in [0.4, 0.5) is 5.69 Å². The van der Waals surface area contributed by atoms with Crippen molar-refractivity contribution in [3.05, 3.63) is 78.4 Å². The normalized spacial score (nSPS) is 11.5. The maximum absolute atomic E-state index is 6.02. The van der Waals surface area contributed by atoms with Crippen LogP contribution in [-0.2, 0) is 6.54 Å². The first kappa shape index (κ1) is 14.8. The lowest BCUT2D eigenvalue weighted by atomic mass is 10.1. The minimum atomic E-state index is 0.429. The number of para-hydroxylation sites is 2. The molecule has 0 saturated carbocycles. The third-order valence-corrected chi connectivity index (χ3v) is 4.51. The molecule has 0 spiro atoms. The Kier molecular flexibility index (Phi) is 3.73. The smallest absolute Gasteiger partial charge is 0.135 e. The quantitative estimate of drug-likeness (QED) is 0.459. The molecule has 4 rings (SSSR count). The van der Waals surface area contributed by atoms with Crippen LogP contribution >= 0.6 is 0 Å². The summed E-state index contributed by atoms with van der Waals surface area (Å²) in [7, 11) is 0. The summed E-state index contributed by atoms with van der Waals surface area (Å²) >= 11 is 0. The third-order valence-electron chi connectivity index (χ3n) is 4.51. The lowest BCUT2D eigenvalue weighted by Crippen LogP contribution is -2.29. The summed E-state index contributed by atoms with van der Waals surface area (Å²) in [6, 6.07) is 25.8. The monoisotopic (exact) mass is 315 g/mol. The molecule has 2 nitrogen and oxygen atoms in total. The van der Waals surface area contributed by atoms with Gasteiger partial charge in [-0.25, -0.2) is 0 Å². The number of hydrogen-bond donors (Lipinski definition) is 0. The van der Waals surface area contributed by atoms with Gasteiger partial charge in [0.2, 0.25) is 0 Å². The lowest BCUT2D eigenvalue weighted by Gasteiger charge is -2.29. The molecule has 0 atom stereocenters. The second kappa shape index (κ2) is 6.04. The highest BCUT2D eigenvalue weighted by atomic mass is 16.3. The van der Waals surface area contributed by atoms with Crippen molar-refractivity contribution in [2.75, 3.05) is 4.90 Å². The zero-order valence-corrected chi connectivity index (χ0v) is 14.1. The minimum Gasteiger partial charge on any atom is -0.456 e. The molecule has 0 unspecified atom stereocenters. The number of nitrogens with zero attached hydrogens (tertiary/aromatic N) is 1. The Balaban J connectivity index is 1.72. The molecular formula is C22H21NO. The first-order valence-corrected chi connectivity index (χ1v) is 8.44. The summed E-state index contributed by atoms with van der Waals surface area (Å²) in [4.78, 5) is 2.41. The predicted molar refractivity (Wildman–Crippen MR) is 101 cm³/mol. The van der Waals surface area contributed by atoms with Crippen molar-refractivity contribution in [2.24, 2.45) is 0 Å². The SMILES string of the molecule is CC(C)N(Cc1ccc2c(c1)oc1ccccc12)c1ccccc1. The van der Waals surface area contributed by atoms with E-state index in [0.29, 0.717) is 6.04 Å². The lowest BCUT2D eigenvalue weighted by molar-refractivity contribution is 0.663. The van der Waals surface area contributed by atoms with Gasteiger partial charge in [-0.3, -0.25) is 0 Å². The van der Waals surface area contributed by atoms with Crippen molar-refractivity contribution >= 4 is 27.6 Å². The summed E-state index contributed by atoms with van der Waals surface area (Å²) in [5.74, 6) is 0. The minimum absolute atomic E-state index is 0.429. The van der Waals surface area contributed by atoms with Crippen molar-refractivity contribution < 1.29 is 4.42 Å². The zero-order valence-electron chi connectivity index (χ0n) is 14.1. The van der Waals surface area contributed by atoms with E-state index in [4.69, 9.17) is 4.42 Å². The Labute approximate surface area is 142 Å². The molecule has 0 fully saturated rings. The topological polar surface area (TPSA) is 16.4 Å². The molecule has 1 heterocycles. The summed E-state index contributed by atoms with van der Waals surface area (Å²) in [6.07, 6.45) is 0. The van der Waals surface area contributed by atoms with Crippen LogP contribution in [0.5, 0.6) is 0 Å². The van der Waals surface area contributed by atoms with E-state index >= 15 is 0 Å². The van der Waals surface area contributed by atoms with Gasteiger partial charge in [0.05, 0.1) is 0 Å². The van der Waals surface area contributed by atoms with E-state index in [-0.39, 0.29) is 0 Å². The van der Waals surface area contributed by atoms with E-state index < -0.39 is 0 Å². The van der Waals surface area contributed by atoms with E-state index in [2.05, 4.69) is 79.4 Å². The maximum atomic E-state index is 6.02. The summed E-state index contributed by atoms with van der Waals surface area (Å²) < 4.78 is 6.02. The van der Waals surface area contributed by atoms with Gasteiger partial charge in [0.25, 0.3) is 0 Å². The average molecular weight is 315 g/mol. The fraction of sp³-hybridized carbons (Fsp3) is 0.182. The van der Waals surface area contributed by atoms with Gasteiger partial charge in [0.15, 0.2) is 0 Å². The van der Waals surface area contributed by atoms with Crippen LogP contribution in [0.2, 0.25) is 0 Å². The summed E-state index contributed by atoms with van der Waals surface area (Å²) in [5, 5.41) is 2.37. The fourth-order valence-electron chi connectivity index (χ4n) is 3.26. The molecule has 0 saturated heterocycles. The largest absolute Gasteiger partial charge is 0.456 e. The molecule has 3 aromatic carbocycles. The predicted octanol–water partition coefficient (Wildman–Crippen LogP) is 6.00. The number of hydrogen-bond acceptors (Lipinski definition) is 2. The van der Waals surface area contributed by atoms with E-state index in [1.54, 1.807) is 0 Å². The van der Waals surface area contributed by atoms with Gasteiger partial charge in [-0.1, -0.05) is 48.5 Å². The van der Waals surface area contributed by atoms with Gasteiger partial charge in [-0.05, 0) is 43.7 Å². The van der Waals surface area contributed by atoms with Crippen LogP contribution in [-0.4, -0.2) is 6.04 Å². The highest BCUT2D eigenvalue weighted by Gasteiger charge is 2.13. The van der Waals surface area contributed by atoms with E-state index in [9.17, 15) is 0 Å². The van der Waals surface area contributed by atoms with Crippen molar-refractivity contribution in [2.45, 2.75) is 26.4 Å². The molecule has 0 amide bonds. The first-order chi connectivity index (χ1) is 11.7. The van der Waals surface area contributed by atoms with Gasteiger partial charge in [0.1, 0.15) is 11.2 Å². The second-order valence-corrected chi connectivity index (χ2v) is 6.49. The second-order valence-electron chi connectivity index (χ2n) is 6.49. The van der Waals surface area contributed by atoms with Gasteiger partial charge in [0, 0.05) is 29.0 Å². The molecule has 0 radical (unpaired) electrons. The molecule has 1 aromatic heterocycles. The Bertz CT molecular complexity index is 969. The standard InChI is InChI=1S/C22H21NO/c1-16(2)23(18-8-4-3-5-9-18)15-17-12-13-20-19-10-6-7-11-21(19)24-22(20)14-17/h3-14,16H,15H2,1-2H3. The first-order valence-electron chi connectivity index (χ1n) is 8.44. The molecule has 0 aliphatic rings. The number of fused-ring (bicyclic) bond motifs is 3. The van der Waals surface area contributed by atoms with Crippen LogP contribution < -0.4 is 4.90 Å². The van der Waals surface area contributed by atoms with Crippen molar-refractivity contribution in [3.8, 4) is 0 Å². The highest BCUT2D eigenvalue weighted by molar-refractivity contribution is 6.04. The van der Waals surface area contributed by atoms with E-state index in [1.165, 1.54) is 22.0 Å². The van der Waals surface area contributed by atoms with Crippen LogP contribution in [0.25, 0.3) is 21.9 Å². The molecule has 0 bridgehead atoms. The van der Waals surface area contributed by atoms with E-state index in [1.807, 2.05) is 12.1 Å². The summed E-state index contributed by atoms with van der Waals surface area (Å²) in [5.41, 5.74) is 4.43. The molecule has 4 aromatic rings. The third kappa shape index (κ3) is 2.65. The molecule has 120 valence electrons. The number of rotatable bonds is 4. The molecule has 0 N–H and O–H groups in total. The number of furan rings is 1. The van der Waals surface area contributed by atoms with Crippen LogP contribution in [0.1, 0.15) is 19.4 Å². The van der Waals surface area contributed by atoms with Crippen molar-refractivity contribution in [3.63, 3.8) is 0 Å². The molecule has 0 aliphatic heterocycles. The molecule has 2 heteroatoms. The van der Waals surface area contributed by atoms with Crippen molar-refractivity contribution in [1.82, 2.24) is 0 Å². The van der Waals surface area contributed by atoms with Crippen LogP contribution in [0, 0.1) is 0 Å². The van der Waals surface area contributed by atoms with Gasteiger partial charge >= 0.3 is 0 Å². The molecule has 0 aliphatic carbocycles. The fourth-order valence-corrected chi connectivity index (χ4v) is 3.26. The summed E-state index contributed by atoms with van der Waals surface area (Å²) in [6.45, 7) is 5.33. The van der Waals surface area contributed by atoms with Gasteiger partial charge in [-0.15, -0.1) is 0 Å². The zero-order chi connectivity index (χ0) is 16.5. The number of benzene rings is 3. The Morgan fingerprint density at radius 1 is 0.792 bits per heavy atom. The maximum Gasteiger partial charge on any atom is 0.135 e.